The predicted molar refractivity (Wildman–Crippen MR) is 96.6 cm³/mol. The molecule has 2 aliphatic rings. The maximum absolute atomic E-state index is 12.4. The van der Waals surface area contributed by atoms with Gasteiger partial charge in [0.25, 0.3) is 0 Å². The number of fused-ring (bicyclic) bond motifs is 2. The summed E-state index contributed by atoms with van der Waals surface area (Å²) in [6.45, 7) is 5.24. The highest BCUT2D eigenvalue weighted by Gasteiger charge is 2.74. The molecule has 0 radical (unpaired) electrons. The highest BCUT2D eigenvalue weighted by Crippen LogP contribution is 2.58. The Balaban J connectivity index is 2.59. The lowest BCUT2D eigenvalue weighted by Gasteiger charge is -2.51. The van der Waals surface area contributed by atoms with E-state index < -0.39 is 50.6 Å². The molecule has 10 nitrogen and oxygen atoms in total. The molecule has 0 aliphatic heterocycles. The smallest absolute Gasteiger partial charge is 0.309 e. The first-order valence-electron chi connectivity index (χ1n) is 9.80. The van der Waals surface area contributed by atoms with E-state index in [0.717, 1.165) is 0 Å². The van der Waals surface area contributed by atoms with Crippen LogP contribution in [0.15, 0.2) is 0 Å². The van der Waals surface area contributed by atoms with Crippen LogP contribution in [0.3, 0.4) is 0 Å². The third-order valence-electron chi connectivity index (χ3n) is 6.24. The van der Waals surface area contributed by atoms with Gasteiger partial charge in [0.1, 0.15) is 0 Å². The molecular weight excluding hydrogens is 372 g/mol. The van der Waals surface area contributed by atoms with Crippen LogP contribution in [0, 0.1) is 38.0 Å². The standard InChI is InChI=1S/C18H28N2O8/c1-4-7-14-17(19(23)24)8-12(15(21)27-5-2)9-18(14,20(25)26)11-13(10-17)16(22)28-6-3/h12-14H,4-11H2,1-3H3. The summed E-state index contributed by atoms with van der Waals surface area (Å²) >= 11 is 0. The molecular formula is C18H28N2O8. The summed E-state index contributed by atoms with van der Waals surface area (Å²) in [5, 5.41) is 24.5. The van der Waals surface area contributed by atoms with Crippen molar-refractivity contribution in [2.75, 3.05) is 13.2 Å². The van der Waals surface area contributed by atoms with Gasteiger partial charge in [0.2, 0.25) is 11.1 Å². The number of carbonyl (C=O) groups is 2. The summed E-state index contributed by atoms with van der Waals surface area (Å²) in [6, 6.07) is 0. The van der Waals surface area contributed by atoms with Crippen LogP contribution in [0.4, 0.5) is 0 Å². The van der Waals surface area contributed by atoms with Gasteiger partial charge < -0.3 is 9.47 Å². The van der Waals surface area contributed by atoms with Gasteiger partial charge in [0.15, 0.2) is 0 Å². The molecule has 158 valence electrons. The van der Waals surface area contributed by atoms with E-state index in [2.05, 4.69) is 0 Å². The summed E-state index contributed by atoms with van der Waals surface area (Å²) < 4.78 is 10.1. The number of rotatable bonds is 8. The van der Waals surface area contributed by atoms with Crippen LogP contribution in [0.1, 0.15) is 59.3 Å². The number of esters is 2. The molecule has 0 spiro atoms. The van der Waals surface area contributed by atoms with Crippen molar-refractivity contribution in [3.63, 3.8) is 0 Å². The Kier molecular flexibility index (Phi) is 6.61. The molecule has 0 atom stereocenters. The Morgan fingerprint density at radius 1 is 0.857 bits per heavy atom. The third-order valence-corrected chi connectivity index (χ3v) is 6.24. The van der Waals surface area contributed by atoms with Gasteiger partial charge in [-0.05, 0) is 20.3 Å². The van der Waals surface area contributed by atoms with Crippen molar-refractivity contribution < 1.29 is 28.9 Å². The number of hydrogen-bond acceptors (Lipinski definition) is 8. The van der Waals surface area contributed by atoms with Crippen LogP contribution >= 0.6 is 0 Å². The predicted octanol–water partition coefficient (Wildman–Crippen LogP) is 2.38. The van der Waals surface area contributed by atoms with Gasteiger partial charge in [-0.2, -0.15) is 0 Å². The Labute approximate surface area is 163 Å². The fourth-order valence-corrected chi connectivity index (χ4v) is 5.32. The molecule has 0 aromatic carbocycles. The lowest BCUT2D eigenvalue weighted by Crippen LogP contribution is -2.69. The van der Waals surface area contributed by atoms with E-state index >= 15 is 0 Å². The number of nitrogens with zero attached hydrogens (tertiary/aromatic N) is 2. The second-order valence-electron chi connectivity index (χ2n) is 7.78. The van der Waals surface area contributed by atoms with Gasteiger partial charge in [-0.1, -0.05) is 13.3 Å². The zero-order valence-corrected chi connectivity index (χ0v) is 16.5. The van der Waals surface area contributed by atoms with Crippen molar-refractivity contribution in [3.8, 4) is 0 Å². The highest BCUT2D eigenvalue weighted by atomic mass is 16.6. The Morgan fingerprint density at radius 3 is 1.46 bits per heavy atom. The average Bonchev–Trinajstić information content (AvgIpc) is 2.61. The largest absolute Gasteiger partial charge is 0.466 e. The van der Waals surface area contributed by atoms with Crippen molar-refractivity contribution >= 4 is 11.9 Å². The molecule has 0 amide bonds. The van der Waals surface area contributed by atoms with Gasteiger partial charge >= 0.3 is 11.9 Å². The second-order valence-corrected chi connectivity index (χ2v) is 7.78. The van der Waals surface area contributed by atoms with Crippen molar-refractivity contribution in [1.29, 1.82) is 0 Å². The first kappa shape index (κ1) is 22.0. The zero-order chi connectivity index (χ0) is 21.1. The molecule has 0 unspecified atom stereocenters. The van der Waals surface area contributed by atoms with Gasteiger partial charge in [0.05, 0.1) is 31.0 Å². The molecule has 0 aromatic rings. The summed E-state index contributed by atoms with van der Waals surface area (Å²) in [5.41, 5.74) is -3.46. The van der Waals surface area contributed by atoms with E-state index in [1.807, 2.05) is 6.92 Å². The third kappa shape index (κ3) is 3.56. The topological polar surface area (TPSA) is 139 Å². The van der Waals surface area contributed by atoms with E-state index in [4.69, 9.17) is 9.47 Å². The maximum Gasteiger partial charge on any atom is 0.309 e. The summed E-state index contributed by atoms with van der Waals surface area (Å²) in [5.74, 6) is -4.03. The molecule has 28 heavy (non-hydrogen) atoms. The first-order valence-corrected chi connectivity index (χ1v) is 9.80. The molecule has 2 bridgehead atoms. The molecule has 2 fully saturated rings. The zero-order valence-electron chi connectivity index (χ0n) is 16.5. The minimum Gasteiger partial charge on any atom is -0.466 e. The lowest BCUT2D eigenvalue weighted by molar-refractivity contribution is -0.655. The van der Waals surface area contributed by atoms with Crippen molar-refractivity contribution in [2.45, 2.75) is 70.4 Å². The van der Waals surface area contributed by atoms with Crippen molar-refractivity contribution in [3.05, 3.63) is 20.2 Å². The minimum atomic E-state index is -1.73. The van der Waals surface area contributed by atoms with Crippen molar-refractivity contribution in [2.24, 2.45) is 17.8 Å². The lowest BCUT2D eigenvalue weighted by atomic mass is 9.50. The maximum atomic E-state index is 12.4. The van der Waals surface area contributed by atoms with E-state index in [9.17, 15) is 29.8 Å². The van der Waals surface area contributed by atoms with Crippen molar-refractivity contribution in [1.82, 2.24) is 0 Å². The van der Waals surface area contributed by atoms with Gasteiger partial charge in [-0.25, -0.2) is 0 Å². The molecule has 0 aromatic heterocycles. The van der Waals surface area contributed by atoms with Crippen LogP contribution < -0.4 is 0 Å². The second kappa shape index (κ2) is 8.40. The van der Waals surface area contributed by atoms with Crippen LogP contribution in [-0.4, -0.2) is 46.1 Å². The summed E-state index contributed by atoms with van der Waals surface area (Å²) in [6.07, 6.45) is 0.186. The van der Waals surface area contributed by atoms with E-state index in [-0.39, 0.29) is 45.3 Å². The highest BCUT2D eigenvalue weighted by molar-refractivity contribution is 5.75. The molecule has 2 saturated carbocycles. The summed E-state index contributed by atoms with van der Waals surface area (Å²) in [4.78, 5) is 48.3. The van der Waals surface area contributed by atoms with Crippen LogP contribution in [0.25, 0.3) is 0 Å². The molecule has 0 saturated heterocycles. The normalized spacial score (nSPS) is 34.3. The Bertz CT molecular complexity index is 585. The molecule has 2 rings (SSSR count). The number of nitro groups is 2. The molecule has 2 aliphatic carbocycles. The Morgan fingerprint density at radius 2 is 1.21 bits per heavy atom. The van der Waals surface area contributed by atoms with E-state index in [1.165, 1.54) is 0 Å². The van der Waals surface area contributed by atoms with Crippen LogP contribution in [0.2, 0.25) is 0 Å². The average molecular weight is 400 g/mol. The fraction of sp³-hybridized carbons (Fsp3) is 0.889. The summed E-state index contributed by atoms with van der Waals surface area (Å²) in [7, 11) is 0. The Hall–Kier alpha value is -2.26. The SMILES string of the molecule is CCCC1C2([N+](=O)[O-])CC(C(=O)OCC)CC1([N+](=O)[O-])CC(C(=O)OCC)C2. The van der Waals surface area contributed by atoms with Gasteiger partial charge in [0, 0.05) is 35.5 Å². The van der Waals surface area contributed by atoms with E-state index in [0.29, 0.717) is 6.42 Å². The monoisotopic (exact) mass is 400 g/mol. The number of carbonyl (C=O) groups excluding carboxylic acids is 2. The first-order chi connectivity index (χ1) is 13.2. The molecule has 0 N–H and O–H groups in total. The van der Waals surface area contributed by atoms with Gasteiger partial charge in [-0.15, -0.1) is 0 Å². The molecule has 10 heteroatoms. The number of ether oxygens (including phenoxy) is 2. The number of hydrogen-bond donors (Lipinski definition) is 0. The fourth-order valence-electron chi connectivity index (χ4n) is 5.32. The van der Waals surface area contributed by atoms with Gasteiger partial charge in [-0.3, -0.25) is 29.8 Å². The van der Waals surface area contributed by atoms with E-state index in [1.54, 1.807) is 13.8 Å². The van der Waals surface area contributed by atoms with Crippen LogP contribution in [0.5, 0.6) is 0 Å². The quantitative estimate of drug-likeness (QED) is 0.344. The molecule has 0 heterocycles. The minimum absolute atomic E-state index is 0.0934. The van der Waals surface area contributed by atoms with Crippen LogP contribution in [-0.2, 0) is 19.1 Å².